The van der Waals surface area contributed by atoms with E-state index in [1.54, 1.807) is 0 Å². The summed E-state index contributed by atoms with van der Waals surface area (Å²) in [5.74, 6) is 0. The standard InChI is InChI=1S/C12H16I2/c1-2-3-4-5-6-10-9-11(13)7-8-12(10)14/h7-9H,2-6H2,1H3. The Morgan fingerprint density at radius 2 is 1.86 bits per heavy atom. The van der Waals surface area contributed by atoms with E-state index in [0.29, 0.717) is 0 Å². The molecule has 0 bridgehead atoms. The van der Waals surface area contributed by atoms with Gasteiger partial charge >= 0.3 is 0 Å². The zero-order valence-corrected chi connectivity index (χ0v) is 12.8. The maximum absolute atomic E-state index is 2.43. The summed E-state index contributed by atoms with van der Waals surface area (Å²) in [6.45, 7) is 2.26. The SMILES string of the molecule is CCCCCCc1cc(I)ccc1I. The number of rotatable bonds is 5. The van der Waals surface area contributed by atoms with E-state index in [2.05, 4.69) is 70.3 Å². The van der Waals surface area contributed by atoms with Gasteiger partial charge in [-0.2, -0.15) is 0 Å². The molecular formula is C12H16I2. The molecule has 0 N–H and O–H groups in total. The van der Waals surface area contributed by atoms with Gasteiger partial charge in [0, 0.05) is 7.14 Å². The molecule has 0 spiro atoms. The number of hydrogen-bond donors (Lipinski definition) is 0. The lowest BCUT2D eigenvalue weighted by Gasteiger charge is -2.04. The molecule has 0 saturated heterocycles. The lowest BCUT2D eigenvalue weighted by molar-refractivity contribution is 0.666. The highest BCUT2D eigenvalue weighted by Gasteiger charge is 2.00. The van der Waals surface area contributed by atoms with E-state index in [-0.39, 0.29) is 0 Å². The molecule has 0 nitrogen and oxygen atoms in total. The largest absolute Gasteiger partial charge is 0.0654 e. The third kappa shape index (κ3) is 4.47. The molecule has 1 rings (SSSR count). The molecule has 0 fully saturated rings. The first-order chi connectivity index (χ1) is 6.74. The van der Waals surface area contributed by atoms with Crippen LogP contribution in [-0.2, 0) is 6.42 Å². The van der Waals surface area contributed by atoms with Crippen molar-refractivity contribution in [2.45, 2.75) is 39.0 Å². The first-order valence-electron chi connectivity index (χ1n) is 5.18. The lowest BCUT2D eigenvalue weighted by atomic mass is 10.1. The Balaban J connectivity index is 2.45. The molecule has 0 saturated carbocycles. The average Bonchev–Trinajstić information content (AvgIpc) is 2.18. The molecule has 14 heavy (non-hydrogen) atoms. The van der Waals surface area contributed by atoms with Crippen molar-refractivity contribution in [1.82, 2.24) is 0 Å². The van der Waals surface area contributed by atoms with Gasteiger partial charge in [0.1, 0.15) is 0 Å². The molecule has 0 atom stereocenters. The van der Waals surface area contributed by atoms with Gasteiger partial charge in [-0.1, -0.05) is 26.2 Å². The molecule has 0 amide bonds. The number of aryl methyl sites for hydroxylation is 1. The summed E-state index contributed by atoms with van der Waals surface area (Å²) in [5, 5.41) is 0. The second-order valence-electron chi connectivity index (χ2n) is 3.55. The van der Waals surface area contributed by atoms with E-state index in [1.165, 1.54) is 44.8 Å². The molecule has 0 heterocycles. The molecule has 2 heteroatoms. The van der Waals surface area contributed by atoms with Crippen molar-refractivity contribution < 1.29 is 0 Å². The number of hydrogen-bond acceptors (Lipinski definition) is 0. The maximum Gasteiger partial charge on any atom is 0.0163 e. The van der Waals surface area contributed by atoms with Crippen LogP contribution < -0.4 is 0 Å². The van der Waals surface area contributed by atoms with Gasteiger partial charge in [-0.15, -0.1) is 0 Å². The van der Waals surface area contributed by atoms with E-state index in [1.807, 2.05) is 0 Å². The predicted octanol–water partition coefficient (Wildman–Crippen LogP) is 5.02. The van der Waals surface area contributed by atoms with Gasteiger partial charge in [-0.25, -0.2) is 0 Å². The van der Waals surface area contributed by atoms with Crippen LogP contribution in [0.2, 0.25) is 0 Å². The van der Waals surface area contributed by atoms with Crippen molar-refractivity contribution in [3.05, 3.63) is 30.9 Å². The Morgan fingerprint density at radius 3 is 2.57 bits per heavy atom. The summed E-state index contributed by atoms with van der Waals surface area (Å²) < 4.78 is 2.77. The minimum absolute atomic E-state index is 1.25. The highest BCUT2D eigenvalue weighted by molar-refractivity contribution is 14.1. The molecule has 78 valence electrons. The maximum atomic E-state index is 2.43. The molecular weight excluding hydrogens is 398 g/mol. The Morgan fingerprint density at radius 1 is 1.07 bits per heavy atom. The average molecular weight is 414 g/mol. The monoisotopic (exact) mass is 414 g/mol. The van der Waals surface area contributed by atoms with Gasteiger partial charge in [0.2, 0.25) is 0 Å². The van der Waals surface area contributed by atoms with Gasteiger partial charge < -0.3 is 0 Å². The third-order valence-corrected chi connectivity index (χ3v) is 4.03. The fourth-order valence-corrected chi connectivity index (χ4v) is 2.64. The van der Waals surface area contributed by atoms with E-state index < -0.39 is 0 Å². The zero-order chi connectivity index (χ0) is 10.4. The number of benzene rings is 1. The van der Waals surface area contributed by atoms with Crippen LogP contribution in [0.5, 0.6) is 0 Å². The van der Waals surface area contributed by atoms with E-state index in [0.717, 1.165) is 0 Å². The van der Waals surface area contributed by atoms with Crippen LogP contribution in [0.25, 0.3) is 0 Å². The zero-order valence-electron chi connectivity index (χ0n) is 8.52. The van der Waals surface area contributed by atoms with Crippen LogP contribution in [0.1, 0.15) is 38.2 Å². The van der Waals surface area contributed by atoms with Crippen LogP contribution in [0.15, 0.2) is 18.2 Å². The Labute approximate surface area is 114 Å². The van der Waals surface area contributed by atoms with Gasteiger partial charge in [-0.05, 0) is 81.8 Å². The van der Waals surface area contributed by atoms with Gasteiger partial charge in [-0.3, -0.25) is 0 Å². The number of unbranched alkanes of at least 4 members (excludes halogenated alkanes) is 3. The summed E-state index contributed by atoms with van der Waals surface area (Å²) in [5.41, 5.74) is 1.52. The molecule has 0 aromatic heterocycles. The molecule has 0 aliphatic carbocycles. The normalized spacial score (nSPS) is 10.5. The topological polar surface area (TPSA) is 0 Å². The highest BCUT2D eigenvalue weighted by atomic mass is 127. The fourth-order valence-electron chi connectivity index (χ4n) is 1.48. The first kappa shape index (κ1) is 12.7. The van der Waals surface area contributed by atoms with Crippen molar-refractivity contribution in [2.75, 3.05) is 0 Å². The highest BCUT2D eigenvalue weighted by Crippen LogP contribution is 2.18. The molecule has 0 radical (unpaired) electrons. The van der Waals surface area contributed by atoms with Crippen LogP contribution >= 0.6 is 45.2 Å². The Bertz CT molecular complexity index is 282. The van der Waals surface area contributed by atoms with Crippen molar-refractivity contribution >= 4 is 45.2 Å². The molecule has 0 aliphatic heterocycles. The molecule has 0 unspecified atom stereocenters. The molecule has 1 aromatic carbocycles. The lowest BCUT2D eigenvalue weighted by Crippen LogP contribution is -1.90. The van der Waals surface area contributed by atoms with Crippen LogP contribution in [0, 0.1) is 7.14 Å². The van der Waals surface area contributed by atoms with E-state index in [4.69, 9.17) is 0 Å². The van der Waals surface area contributed by atoms with Crippen molar-refractivity contribution in [3.8, 4) is 0 Å². The fraction of sp³-hybridized carbons (Fsp3) is 0.500. The first-order valence-corrected chi connectivity index (χ1v) is 7.33. The van der Waals surface area contributed by atoms with Gasteiger partial charge in [0.05, 0.1) is 0 Å². The van der Waals surface area contributed by atoms with Crippen molar-refractivity contribution in [3.63, 3.8) is 0 Å². The van der Waals surface area contributed by atoms with E-state index >= 15 is 0 Å². The van der Waals surface area contributed by atoms with Crippen molar-refractivity contribution in [2.24, 2.45) is 0 Å². The quantitative estimate of drug-likeness (QED) is 0.469. The minimum Gasteiger partial charge on any atom is -0.0654 e. The van der Waals surface area contributed by atoms with Crippen LogP contribution in [0.3, 0.4) is 0 Å². The summed E-state index contributed by atoms with van der Waals surface area (Å²) in [6, 6.07) is 6.71. The Hall–Kier alpha value is 0.680. The van der Waals surface area contributed by atoms with Crippen LogP contribution in [-0.4, -0.2) is 0 Å². The summed E-state index contributed by atoms with van der Waals surface area (Å²) in [7, 11) is 0. The smallest absolute Gasteiger partial charge is 0.0163 e. The number of halogens is 2. The summed E-state index contributed by atoms with van der Waals surface area (Å²) >= 11 is 4.82. The molecule has 0 aliphatic rings. The Kier molecular flexibility index (Phi) is 6.41. The van der Waals surface area contributed by atoms with Gasteiger partial charge in [0.15, 0.2) is 0 Å². The van der Waals surface area contributed by atoms with Gasteiger partial charge in [0.25, 0.3) is 0 Å². The van der Waals surface area contributed by atoms with Crippen molar-refractivity contribution in [1.29, 1.82) is 0 Å². The predicted molar refractivity (Wildman–Crippen MR) is 79.7 cm³/mol. The second-order valence-corrected chi connectivity index (χ2v) is 5.95. The molecule has 1 aromatic rings. The minimum atomic E-state index is 1.25. The second kappa shape index (κ2) is 7.04. The van der Waals surface area contributed by atoms with Crippen LogP contribution in [0.4, 0.5) is 0 Å². The van der Waals surface area contributed by atoms with E-state index in [9.17, 15) is 0 Å². The summed E-state index contributed by atoms with van der Waals surface area (Å²) in [6.07, 6.45) is 6.65. The third-order valence-electron chi connectivity index (χ3n) is 2.31. The summed E-state index contributed by atoms with van der Waals surface area (Å²) in [4.78, 5) is 0.